The van der Waals surface area contributed by atoms with Gasteiger partial charge in [0.15, 0.2) is 0 Å². The van der Waals surface area contributed by atoms with E-state index in [0.717, 1.165) is 30.5 Å². The summed E-state index contributed by atoms with van der Waals surface area (Å²) in [5.41, 5.74) is 2.51. The maximum Gasteiger partial charge on any atom is 0.270 e. The topological polar surface area (TPSA) is 58.1 Å². The number of hydrogen-bond donors (Lipinski definition) is 1. The smallest absolute Gasteiger partial charge is 0.270 e. The Hall–Kier alpha value is -3.21. The van der Waals surface area contributed by atoms with Crippen LogP contribution in [0.4, 0.5) is 11.6 Å². The van der Waals surface area contributed by atoms with Crippen LogP contribution in [0.3, 0.4) is 0 Å². The molecular weight excluding hydrogens is 348 g/mol. The van der Waals surface area contributed by atoms with E-state index in [0.29, 0.717) is 24.7 Å². The molecule has 1 heterocycles. The largest absolute Gasteiger partial charge is 0.351 e. The molecule has 0 atom stereocenters. The first kappa shape index (κ1) is 19.5. The molecule has 5 nitrogen and oxygen atoms in total. The van der Waals surface area contributed by atoms with E-state index in [1.54, 1.807) is 12.3 Å². The summed E-state index contributed by atoms with van der Waals surface area (Å²) in [4.78, 5) is 23.5. The number of nitrogens with zero attached hydrogens (tertiary/aromatic N) is 3. The molecule has 0 saturated carbocycles. The van der Waals surface area contributed by atoms with E-state index in [1.807, 2.05) is 53.4 Å². The predicted octanol–water partition coefficient (Wildman–Crippen LogP) is 4.73. The van der Waals surface area contributed by atoms with Gasteiger partial charge in [-0.2, -0.15) is 0 Å². The van der Waals surface area contributed by atoms with Crippen LogP contribution in [-0.4, -0.2) is 22.4 Å². The molecule has 0 bridgehead atoms. The molecule has 28 heavy (non-hydrogen) atoms. The van der Waals surface area contributed by atoms with Crippen molar-refractivity contribution in [2.75, 3.05) is 11.4 Å². The molecule has 0 aliphatic heterocycles. The number of hydrogen-bond acceptors (Lipinski definition) is 4. The van der Waals surface area contributed by atoms with Crippen molar-refractivity contribution in [2.24, 2.45) is 0 Å². The number of unbranched alkanes of at least 4 members (excludes halogenated alkanes) is 2. The number of carbonyl (C=O) groups is 1. The van der Waals surface area contributed by atoms with Gasteiger partial charge in [0.25, 0.3) is 5.91 Å². The van der Waals surface area contributed by atoms with Crippen LogP contribution in [0.5, 0.6) is 0 Å². The average Bonchev–Trinajstić information content (AvgIpc) is 2.76. The molecule has 144 valence electrons. The highest BCUT2D eigenvalue weighted by Gasteiger charge is 2.15. The molecular formula is C23H26N4O. The molecule has 0 spiro atoms. The van der Waals surface area contributed by atoms with Crippen LogP contribution in [-0.2, 0) is 6.54 Å². The standard InChI is InChI=1S/C23H26N4O/c1-2-3-10-16-24-22(28)21-15-17-25-23(26-21)27(20-13-8-5-9-14-20)18-19-11-6-4-7-12-19/h4-9,11-15,17H,2-3,10,16,18H2,1H3,(H,24,28). The lowest BCUT2D eigenvalue weighted by molar-refractivity contribution is 0.0948. The fraction of sp³-hybridized carbons (Fsp3) is 0.261. The van der Waals surface area contributed by atoms with Gasteiger partial charge in [-0.25, -0.2) is 9.97 Å². The minimum absolute atomic E-state index is 0.160. The fourth-order valence-corrected chi connectivity index (χ4v) is 2.92. The van der Waals surface area contributed by atoms with Crippen LogP contribution in [0.15, 0.2) is 72.9 Å². The van der Waals surface area contributed by atoms with Gasteiger partial charge in [0.2, 0.25) is 5.95 Å². The molecule has 0 aliphatic carbocycles. The maximum absolute atomic E-state index is 12.5. The second kappa shape index (κ2) is 10.2. The summed E-state index contributed by atoms with van der Waals surface area (Å²) in [5, 5.41) is 2.94. The summed E-state index contributed by atoms with van der Waals surface area (Å²) in [6.07, 6.45) is 4.85. The molecule has 3 rings (SSSR count). The molecule has 0 fully saturated rings. The SMILES string of the molecule is CCCCCNC(=O)c1ccnc(N(Cc2ccccc2)c2ccccc2)n1. The number of nitrogens with one attached hydrogen (secondary N) is 1. The van der Waals surface area contributed by atoms with Crippen LogP contribution in [0.1, 0.15) is 42.2 Å². The summed E-state index contributed by atoms with van der Waals surface area (Å²) in [5.74, 6) is 0.351. The third-order valence-corrected chi connectivity index (χ3v) is 4.43. The summed E-state index contributed by atoms with van der Waals surface area (Å²) in [6.45, 7) is 3.42. The minimum Gasteiger partial charge on any atom is -0.351 e. The van der Waals surface area contributed by atoms with Crippen molar-refractivity contribution in [3.05, 3.63) is 84.2 Å². The van der Waals surface area contributed by atoms with Crippen LogP contribution >= 0.6 is 0 Å². The highest BCUT2D eigenvalue weighted by atomic mass is 16.1. The van der Waals surface area contributed by atoms with Gasteiger partial charge in [-0.05, 0) is 30.2 Å². The highest BCUT2D eigenvalue weighted by Crippen LogP contribution is 2.24. The summed E-state index contributed by atoms with van der Waals surface area (Å²) >= 11 is 0. The molecule has 3 aromatic rings. The van der Waals surface area contributed by atoms with Crippen LogP contribution in [0.2, 0.25) is 0 Å². The Morgan fingerprint density at radius 1 is 0.964 bits per heavy atom. The van der Waals surface area contributed by atoms with Crippen LogP contribution in [0, 0.1) is 0 Å². The van der Waals surface area contributed by atoms with Crippen molar-refractivity contribution >= 4 is 17.5 Å². The Morgan fingerprint density at radius 2 is 1.68 bits per heavy atom. The predicted molar refractivity (Wildman–Crippen MR) is 113 cm³/mol. The summed E-state index contributed by atoms with van der Waals surface area (Å²) < 4.78 is 0. The Labute approximate surface area is 166 Å². The van der Waals surface area contributed by atoms with Gasteiger partial charge in [0, 0.05) is 18.4 Å². The van der Waals surface area contributed by atoms with Crippen molar-refractivity contribution in [3.63, 3.8) is 0 Å². The quantitative estimate of drug-likeness (QED) is 0.550. The second-order valence-corrected chi connectivity index (χ2v) is 6.61. The van der Waals surface area contributed by atoms with Gasteiger partial charge in [0.05, 0.1) is 6.54 Å². The number of amides is 1. The Bertz CT molecular complexity index is 868. The lowest BCUT2D eigenvalue weighted by atomic mass is 10.2. The van der Waals surface area contributed by atoms with E-state index in [9.17, 15) is 4.79 Å². The zero-order chi connectivity index (χ0) is 19.6. The van der Waals surface area contributed by atoms with E-state index in [-0.39, 0.29) is 5.91 Å². The number of anilines is 2. The van der Waals surface area contributed by atoms with Gasteiger partial charge < -0.3 is 10.2 Å². The van der Waals surface area contributed by atoms with Crippen LogP contribution < -0.4 is 10.2 Å². The molecule has 0 radical (unpaired) electrons. The monoisotopic (exact) mass is 374 g/mol. The zero-order valence-electron chi connectivity index (χ0n) is 16.2. The van der Waals surface area contributed by atoms with E-state index in [2.05, 4.69) is 34.3 Å². The lowest BCUT2D eigenvalue weighted by Crippen LogP contribution is -2.27. The number of benzene rings is 2. The maximum atomic E-state index is 12.5. The van der Waals surface area contributed by atoms with Gasteiger partial charge in [-0.15, -0.1) is 0 Å². The molecule has 1 aromatic heterocycles. The number of carbonyl (C=O) groups excluding carboxylic acids is 1. The second-order valence-electron chi connectivity index (χ2n) is 6.61. The van der Waals surface area contributed by atoms with Gasteiger partial charge >= 0.3 is 0 Å². The molecule has 0 aliphatic rings. The van der Waals surface area contributed by atoms with E-state index in [1.165, 1.54) is 0 Å². The Morgan fingerprint density at radius 3 is 2.39 bits per heavy atom. The number of aromatic nitrogens is 2. The number of para-hydroxylation sites is 1. The first-order valence-electron chi connectivity index (χ1n) is 9.75. The van der Waals surface area contributed by atoms with E-state index < -0.39 is 0 Å². The number of rotatable bonds is 9. The summed E-state index contributed by atoms with van der Waals surface area (Å²) in [6, 6.07) is 21.8. The molecule has 0 unspecified atom stereocenters. The van der Waals surface area contributed by atoms with Crippen molar-refractivity contribution in [2.45, 2.75) is 32.7 Å². The minimum atomic E-state index is -0.160. The van der Waals surface area contributed by atoms with Gasteiger partial charge in [-0.1, -0.05) is 68.3 Å². The molecule has 5 heteroatoms. The normalized spacial score (nSPS) is 10.5. The average molecular weight is 374 g/mol. The summed E-state index contributed by atoms with van der Waals surface area (Å²) in [7, 11) is 0. The van der Waals surface area contributed by atoms with Gasteiger partial charge in [-0.3, -0.25) is 4.79 Å². The van der Waals surface area contributed by atoms with Crippen molar-refractivity contribution < 1.29 is 4.79 Å². The first-order chi connectivity index (χ1) is 13.8. The highest BCUT2D eigenvalue weighted by molar-refractivity contribution is 5.92. The molecule has 1 amide bonds. The fourth-order valence-electron chi connectivity index (χ4n) is 2.92. The molecule has 2 aromatic carbocycles. The van der Waals surface area contributed by atoms with E-state index >= 15 is 0 Å². The Balaban J connectivity index is 1.83. The third-order valence-electron chi connectivity index (χ3n) is 4.43. The van der Waals surface area contributed by atoms with Crippen molar-refractivity contribution in [1.29, 1.82) is 0 Å². The molecule has 1 N–H and O–H groups in total. The van der Waals surface area contributed by atoms with Crippen molar-refractivity contribution in [1.82, 2.24) is 15.3 Å². The molecule has 0 saturated heterocycles. The van der Waals surface area contributed by atoms with Gasteiger partial charge in [0.1, 0.15) is 5.69 Å². The van der Waals surface area contributed by atoms with Crippen molar-refractivity contribution in [3.8, 4) is 0 Å². The zero-order valence-corrected chi connectivity index (χ0v) is 16.2. The van der Waals surface area contributed by atoms with E-state index in [4.69, 9.17) is 0 Å². The van der Waals surface area contributed by atoms with Crippen LogP contribution in [0.25, 0.3) is 0 Å². The lowest BCUT2D eigenvalue weighted by Gasteiger charge is -2.23. The Kier molecular flexibility index (Phi) is 7.13. The third kappa shape index (κ3) is 5.39. The first-order valence-corrected chi connectivity index (χ1v) is 9.75.